The van der Waals surface area contributed by atoms with E-state index in [9.17, 15) is 4.79 Å². The third kappa shape index (κ3) is 1.73. The first-order valence-electron chi connectivity index (χ1n) is 5.84. The standard InChI is InChI=1S/C12H16N2O2/c15-12-11-7-14(5-9-2-4-16-8-9)6-10(11)1-3-13-12/h2,4,8,10-11H,1,3,5-7H2,(H,13,15)/t10-,11+/m1/s1. The second-order valence-electron chi connectivity index (χ2n) is 4.77. The molecule has 2 aliphatic rings. The van der Waals surface area contributed by atoms with Crippen LogP contribution >= 0.6 is 0 Å². The number of likely N-dealkylation sites (tertiary alicyclic amines) is 1. The molecule has 0 bridgehead atoms. The summed E-state index contributed by atoms with van der Waals surface area (Å²) < 4.78 is 5.06. The molecule has 2 atom stereocenters. The van der Waals surface area contributed by atoms with Gasteiger partial charge in [-0.3, -0.25) is 9.69 Å². The van der Waals surface area contributed by atoms with Crippen LogP contribution in [0.3, 0.4) is 0 Å². The van der Waals surface area contributed by atoms with Gasteiger partial charge in [-0.2, -0.15) is 0 Å². The van der Waals surface area contributed by atoms with Crippen molar-refractivity contribution in [1.29, 1.82) is 0 Å². The van der Waals surface area contributed by atoms with Gasteiger partial charge < -0.3 is 9.73 Å². The predicted molar refractivity (Wildman–Crippen MR) is 58.6 cm³/mol. The van der Waals surface area contributed by atoms with E-state index in [1.807, 2.05) is 6.07 Å². The Morgan fingerprint density at radius 2 is 2.44 bits per heavy atom. The second-order valence-corrected chi connectivity index (χ2v) is 4.77. The molecule has 3 heterocycles. The van der Waals surface area contributed by atoms with E-state index < -0.39 is 0 Å². The van der Waals surface area contributed by atoms with Gasteiger partial charge in [0, 0.05) is 31.7 Å². The number of rotatable bonds is 2. The maximum atomic E-state index is 11.7. The fourth-order valence-corrected chi connectivity index (χ4v) is 2.83. The molecule has 1 amide bonds. The van der Waals surface area contributed by atoms with Crippen molar-refractivity contribution in [2.24, 2.45) is 11.8 Å². The highest BCUT2D eigenvalue weighted by Gasteiger charge is 2.39. The summed E-state index contributed by atoms with van der Waals surface area (Å²) in [4.78, 5) is 14.0. The van der Waals surface area contributed by atoms with Crippen LogP contribution in [0.15, 0.2) is 23.0 Å². The average molecular weight is 220 g/mol. The number of nitrogens with one attached hydrogen (secondary N) is 1. The molecule has 0 spiro atoms. The van der Waals surface area contributed by atoms with Crippen molar-refractivity contribution in [2.75, 3.05) is 19.6 Å². The zero-order valence-electron chi connectivity index (χ0n) is 9.19. The summed E-state index contributed by atoms with van der Waals surface area (Å²) in [6.07, 6.45) is 4.60. The van der Waals surface area contributed by atoms with Gasteiger partial charge in [-0.1, -0.05) is 0 Å². The normalized spacial score (nSPS) is 30.1. The molecule has 4 nitrogen and oxygen atoms in total. The van der Waals surface area contributed by atoms with Crippen molar-refractivity contribution in [3.8, 4) is 0 Å². The van der Waals surface area contributed by atoms with Gasteiger partial charge in [-0.05, 0) is 18.4 Å². The molecular formula is C12H16N2O2. The van der Waals surface area contributed by atoms with Crippen LogP contribution in [0.5, 0.6) is 0 Å². The molecule has 86 valence electrons. The first-order chi connectivity index (χ1) is 7.83. The Morgan fingerprint density at radius 1 is 1.50 bits per heavy atom. The molecule has 16 heavy (non-hydrogen) atoms. The molecule has 2 fully saturated rings. The Balaban J connectivity index is 1.65. The van der Waals surface area contributed by atoms with Gasteiger partial charge in [-0.25, -0.2) is 0 Å². The number of carbonyl (C=O) groups excluding carboxylic acids is 1. The van der Waals surface area contributed by atoms with Gasteiger partial charge in [0.1, 0.15) is 0 Å². The smallest absolute Gasteiger partial charge is 0.224 e. The molecule has 2 saturated heterocycles. The molecule has 3 rings (SSSR count). The SMILES string of the molecule is O=C1NCC[C@@H]2CN(Cc3ccoc3)C[C@H]12. The van der Waals surface area contributed by atoms with Gasteiger partial charge in [0.15, 0.2) is 0 Å². The molecule has 0 unspecified atom stereocenters. The van der Waals surface area contributed by atoms with Gasteiger partial charge in [-0.15, -0.1) is 0 Å². The summed E-state index contributed by atoms with van der Waals surface area (Å²) in [6, 6.07) is 1.99. The fourth-order valence-electron chi connectivity index (χ4n) is 2.83. The van der Waals surface area contributed by atoms with Crippen LogP contribution in [0.4, 0.5) is 0 Å². The molecule has 0 aromatic carbocycles. The zero-order chi connectivity index (χ0) is 11.0. The summed E-state index contributed by atoms with van der Waals surface area (Å²) in [5, 5.41) is 2.95. The minimum absolute atomic E-state index is 0.209. The van der Waals surface area contributed by atoms with Crippen LogP contribution in [-0.4, -0.2) is 30.4 Å². The van der Waals surface area contributed by atoms with Crippen LogP contribution in [-0.2, 0) is 11.3 Å². The molecule has 0 radical (unpaired) electrons. The quantitative estimate of drug-likeness (QED) is 0.803. The average Bonchev–Trinajstić information content (AvgIpc) is 2.88. The monoisotopic (exact) mass is 220 g/mol. The van der Waals surface area contributed by atoms with E-state index in [0.717, 1.165) is 32.6 Å². The molecule has 0 aliphatic carbocycles. The number of hydrogen-bond acceptors (Lipinski definition) is 3. The van der Waals surface area contributed by atoms with E-state index in [1.54, 1.807) is 12.5 Å². The van der Waals surface area contributed by atoms with Crippen molar-refractivity contribution in [3.05, 3.63) is 24.2 Å². The van der Waals surface area contributed by atoms with Crippen LogP contribution in [0, 0.1) is 11.8 Å². The summed E-state index contributed by atoms with van der Waals surface area (Å²) in [6.45, 7) is 3.68. The Kier molecular flexibility index (Phi) is 2.44. The molecule has 2 aliphatic heterocycles. The molecule has 4 heteroatoms. The second kappa shape index (κ2) is 3.94. The highest BCUT2D eigenvalue weighted by Crippen LogP contribution is 2.29. The minimum Gasteiger partial charge on any atom is -0.472 e. The topological polar surface area (TPSA) is 45.5 Å². The molecular weight excluding hydrogens is 204 g/mol. The van der Waals surface area contributed by atoms with E-state index in [1.165, 1.54) is 5.56 Å². The van der Waals surface area contributed by atoms with E-state index >= 15 is 0 Å². The fraction of sp³-hybridized carbons (Fsp3) is 0.583. The van der Waals surface area contributed by atoms with Gasteiger partial charge in [0.25, 0.3) is 0 Å². The van der Waals surface area contributed by atoms with Crippen LogP contribution in [0.1, 0.15) is 12.0 Å². The van der Waals surface area contributed by atoms with Gasteiger partial charge >= 0.3 is 0 Å². The third-order valence-corrected chi connectivity index (χ3v) is 3.65. The Hall–Kier alpha value is -1.29. The number of piperidine rings is 1. The van der Waals surface area contributed by atoms with E-state index in [0.29, 0.717) is 5.92 Å². The van der Waals surface area contributed by atoms with E-state index in [4.69, 9.17) is 4.42 Å². The first kappa shape index (κ1) is 9.90. The van der Waals surface area contributed by atoms with Crippen molar-refractivity contribution in [2.45, 2.75) is 13.0 Å². The predicted octanol–water partition coefficient (Wildman–Crippen LogP) is 0.847. The largest absolute Gasteiger partial charge is 0.472 e. The maximum Gasteiger partial charge on any atom is 0.224 e. The van der Waals surface area contributed by atoms with Crippen molar-refractivity contribution in [1.82, 2.24) is 10.2 Å². The molecule has 1 aromatic heterocycles. The Labute approximate surface area is 94.6 Å². The van der Waals surface area contributed by atoms with Gasteiger partial charge in [0.05, 0.1) is 18.4 Å². The van der Waals surface area contributed by atoms with Crippen LogP contribution in [0.2, 0.25) is 0 Å². The lowest BCUT2D eigenvalue weighted by Crippen LogP contribution is -2.41. The highest BCUT2D eigenvalue weighted by atomic mass is 16.3. The molecule has 1 N–H and O–H groups in total. The number of hydrogen-bond donors (Lipinski definition) is 1. The van der Waals surface area contributed by atoms with Crippen molar-refractivity contribution < 1.29 is 9.21 Å². The minimum atomic E-state index is 0.209. The Bertz CT molecular complexity index is 374. The lowest BCUT2D eigenvalue weighted by Gasteiger charge is -2.23. The Morgan fingerprint density at radius 3 is 3.19 bits per heavy atom. The molecule has 0 saturated carbocycles. The first-order valence-corrected chi connectivity index (χ1v) is 5.84. The number of furan rings is 1. The van der Waals surface area contributed by atoms with Crippen LogP contribution < -0.4 is 5.32 Å². The number of fused-ring (bicyclic) bond motifs is 1. The number of nitrogens with zero attached hydrogens (tertiary/aromatic N) is 1. The third-order valence-electron chi connectivity index (χ3n) is 3.65. The summed E-state index contributed by atoms with van der Waals surface area (Å²) in [5.41, 5.74) is 1.19. The van der Waals surface area contributed by atoms with Crippen molar-refractivity contribution >= 4 is 5.91 Å². The van der Waals surface area contributed by atoms with E-state index in [2.05, 4.69) is 10.2 Å². The van der Waals surface area contributed by atoms with Crippen LogP contribution in [0.25, 0.3) is 0 Å². The number of carbonyl (C=O) groups is 1. The lowest BCUT2D eigenvalue weighted by atomic mass is 9.89. The summed E-state index contributed by atoms with van der Waals surface area (Å²) in [7, 11) is 0. The lowest BCUT2D eigenvalue weighted by molar-refractivity contribution is -0.127. The summed E-state index contributed by atoms with van der Waals surface area (Å²) >= 11 is 0. The zero-order valence-corrected chi connectivity index (χ0v) is 9.19. The highest BCUT2D eigenvalue weighted by molar-refractivity contribution is 5.80. The summed E-state index contributed by atoms with van der Waals surface area (Å²) in [5.74, 6) is 1.01. The van der Waals surface area contributed by atoms with E-state index in [-0.39, 0.29) is 11.8 Å². The molecule has 1 aromatic rings. The maximum absolute atomic E-state index is 11.7. The van der Waals surface area contributed by atoms with Crippen molar-refractivity contribution in [3.63, 3.8) is 0 Å². The number of amides is 1. The van der Waals surface area contributed by atoms with Gasteiger partial charge in [0.2, 0.25) is 5.91 Å².